The largest absolute Gasteiger partial charge is 0.493 e. The van der Waals surface area contributed by atoms with Crippen molar-refractivity contribution in [3.05, 3.63) is 28.8 Å². The summed E-state index contributed by atoms with van der Waals surface area (Å²) >= 11 is 6.02. The number of hydrogen-bond donors (Lipinski definition) is 1. The molecule has 21 heavy (non-hydrogen) atoms. The van der Waals surface area contributed by atoms with Gasteiger partial charge in [-0.3, -0.25) is 0 Å². The van der Waals surface area contributed by atoms with Gasteiger partial charge in [-0.1, -0.05) is 25.4 Å². The first-order valence-corrected chi connectivity index (χ1v) is 9.51. The van der Waals surface area contributed by atoms with Gasteiger partial charge in [-0.15, -0.1) is 0 Å². The van der Waals surface area contributed by atoms with E-state index in [2.05, 4.69) is 19.2 Å². The standard InChI is InChI=1S/C15H24ClNO3S/c1-12(2)10-17-11-13-9-14(16)5-6-15(13)20-7-4-8-21(3,18)19/h5-6,9,12,17H,4,7-8,10-11H2,1-3H3. The molecule has 0 spiro atoms. The molecule has 0 saturated heterocycles. The van der Waals surface area contributed by atoms with Crippen molar-refractivity contribution in [1.29, 1.82) is 0 Å². The minimum absolute atomic E-state index is 0.140. The molecule has 0 aliphatic heterocycles. The third kappa shape index (κ3) is 8.29. The Morgan fingerprint density at radius 2 is 2.05 bits per heavy atom. The molecule has 4 nitrogen and oxygen atoms in total. The molecule has 0 saturated carbocycles. The molecule has 0 aliphatic carbocycles. The summed E-state index contributed by atoms with van der Waals surface area (Å²) in [5.74, 6) is 1.47. The van der Waals surface area contributed by atoms with Gasteiger partial charge < -0.3 is 10.1 Å². The molecule has 0 atom stereocenters. The fourth-order valence-electron chi connectivity index (χ4n) is 1.83. The van der Waals surface area contributed by atoms with Crippen LogP contribution in [0.4, 0.5) is 0 Å². The first-order chi connectivity index (χ1) is 9.78. The van der Waals surface area contributed by atoms with Crippen molar-refractivity contribution in [2.45, 2.75) is 26.8 Å². The van der Waals surface area contributed by atoms with Gasteiger partial charge in [-0.05, 0) is 37.1 Å². The first-order valence-electron chi connectivity index (χ1n) is 7.07. The highest BCUT2D eigenvalue weighted by molar-refractivity contribution is 7.90. The summed E-state index contributed by atoms with van der Waals surface area (Å²) in [4.78, 5) is 0. The molecule has 1 rings (SSSR count). The van der Waals surface area contributed by atoms with E-state index in [0.29, 0.717) is 30.5 Å². The van der Waals surface area contributed by atoms with Crippen molar-refractivity contribution in [1.82, 2.24) is 5.32 Å². The highest BCUT2D eigenvalue weighted by atomic mass is 35.5. The van der Waals surface area contributed by atoms with Crippen molar-refractivity contribution >= 4 is 21.4 Å². The van der Waals surface area contributed by atoms with Gasteiger partial charge in [-0.25, -0.2) is 8.42 Å². The maximum Gasteiger partial charge on any atom is 0.147 e. The molecule has 0 heterocycles. The fourth-order valence-corrected chi connectivity index (χ4v) is 2.66. The van der Waals surface area contributed by atoms with Crippen LogP contribution in [0.1, 0.15) is 25.8 Å². The lowest BCUT2D eigenvalue weighted by molar-refractivity contribution is 0.313. The monoisotopic (exact) mass is 333 g/mol. The van der Waals surface area contributed by atoms with E-state index in [1.165, 1.54) is 6.26 Å². The Morgan fingerprint density at radius 3 is 2.67 bits per heavy atom. The minimum atomic E-state index is -2.93. The van der Waals surface area contributed by atoms with Crippen LogP contribution in [0, 0.1) is 5.92 Å². The summed E-state index contributed by atoms with van der Waals surface area (Å²) in [5, 5.41) is 4.02. The van der Waals surface area contributed by atoms with Gasteiger partial charge in [0.15, 0.2) is 0 Å². The van der Waals surface area contributed by atoms with Crippen molar-refractivity contribution in [3.63, 3.8) is 0 Å². The number of rotatable bonds is 9. The highest BCUT2D eigenvalue weighted by Gasteiger charge is 2.07. The van der Waals surface area contributed by atoms with Gasteiger partial charge in [-0.2, -0.15) is 0 Å². The number of benzene rings is 1. The van der Waals surface area contributed by atoms with Crippen molar-refractivity contribution in [2.75, 3.05) is 25.2 Å². The van der Waals surface area contributed by atoms with E-state index in [1.807, 2.05) is 12.1 Å². The first kappa shape index (κ1) is 18.3. The van der Waals surface area contributed by atoms with Crippen LogP contribution >= 0.6 is 11.6 Å². The molecule has 0 unspecified atom stereocenters. The molecule has 6 heteroatoms. The number of sulfone groups is 1. The van der Waals surface area contributed by atoms with Gasteiger partial charge in [0.1, 0.15) is 15.6 Å². The number of nitrogens with one attached hydrogen (secondary N) is 1. The second kappa shape index (κ2) is 8.61. The molecule has 0 radical (unpaired) electrons. The Bertz CT molecular complexity index is 544. The molecule has 0 aromatic heterocycles. The van der Waals surface area contributed by atoms with Gasteiger partial charge in [0.05, 0.1) is 12.4 Å². The predicted molar refractivity (Wildman–Crippen MR) is 87.8 cm³/mol. The molecule has 120 valence electrons. The Kier molecular flexibility index (Phi) is 7.49. The molecule has 1 N–H and O–H groups in total. The van der Waals surface area contributed by atoms with Crippen LogP contribution in [-0.4, -0.2) is 33.6 Å². The summed E-state index contributed by atoms with van der Waals surface area (Å²) in [7, 11) is -2.93. The van der Waals surface area contributed by atoms with E-state index in [9.17, 15) is 8.42 Å². The maximum atomic E-state index is 11.1. The summed E-state index contributed by atoms with van der Waals surface area (Å²) in [6.45, 7) is 6.27. The average Bonchev–Trinajstić information content (AvgIpc) is 2.35. The fraction of sp³-hybridized carbons (Fsp3) is 0.600. The Labute approximate surface area is 132 Å². The summed E-state index contributed by atoms with van der Waals surface area (Å²) in [5.41, 5.74) is 0.988. The molecule has 1 aromatic carbocycles. The van der Waals surface area contributed by atoms with Crippen molar-refractivity contribution in [3.8, 4) is 5.75 Å². The van der Waals surface area contributed by atoms with E-state index < -0.39 is 9.84 Å². The molecule has 0 amide bonds. The third-order valence-corrected chi connectivity index (χ3v) is 4.07. The topological polar surface area (TPSA) is 55.4 Å². The maximum absolute atomic E-state index is 11.1. The number of hydrogen-bond acceptors (Lipinski definition) is 4. The minimum Gasteiger partial charge on any atom is -0.493 e. The van der Waals surface area contributed by atoms with Crippen molar-refractivity contribution in [2.24, 2.45) is 5.92 Å². The van der Waals surface area contributed by atoms with Crippen LogP contribution in [0.5, 0.6) is 5.75 Å². The molecule has 0 bridgehead atoms. The summed E-state index contributed by atoms with van der Waals surface area (Å²) in [6, 6.07) is 5.48. The van der Waals surface area contributed by atoms with E-state index in [4.69, 9.17) is 16.3 Å². The third-order valence-electron chi connectivity index (χ3n) is 2.81. The van der Waals surface area contributed by atoms with Gasteiger partial charge in [0.25, 0.3) is 0 Å². The second-order valence-corrected chi connectivity index (χ2v) is 8.30. The van der Waals surface area contributed by atoms with Crippen LogP contribution in [0.25, 0.3) is 0 Å². The predicted octanol–water partition coefficient (Wildman–Crippen LogP) is 2.90. The summed E-state index contributed by atoms with van der Waals surface area (Å²) < 4.78 is 27.8. The van der Waals surface area contributed by atoms with Gasteiger partial charge in [0.2, 0.25) is 0 Å². The van der Waals surface area contributed by atoms with E-state index >= 15 is 0 Å². The Morgan fingerprint density at radius 1 is 1.33 bits per heavy atom. The summed E-state index contributed by atoms with van der Waals surface area (Å²) in [6.07, 6.45) is 1.72. The lowest BCUT2D eigenvalue weighted by Gasteiger charge is -2.13. The zero-order chi connectivity index (χ0) is 15.9. The van der Waals surface area contributed by atoms with Gasteiger partial charge in [0, 0.05) is 23.4 Å². The number of ether oxygens (including phenoxy) is 1. The average molecular weight is 334 g/mol. The van der Waals surface area contributed by atoms with Crippen LogP contribution in [0.15, 0.2) is 18.2 Å². The molecule has 0 fully saturated rings. The normalized spacial score (nSPS) is 11.9. The van der Waals surface area contributed by atoms with E-state index in [1.54, 1.807) is 6.07 Å². The van der Waals surface area contributed by atoms with E-state index in [0.717, 1.165) is 17.9 Å². The lowest BCUT2D eigenvalue weighted by atomic mass is 10.2. The highest BCUT2D eigenvalue weighted by Crippen LogP contribution is 2.23. The smallest absolute Gasteiger partial charge is 0.147 e. The second-order valence-electron chi connectivity index (χ2n) is 5.61. The zero-order valence-corrected chi connectivity index (χ0v) is 14.4. The van der Waals surface area contributed by atoms with Crippen molar-refractivity contribution < 1.29 is 13.2 Å². The molecule has 1 aromatic rings. The van der Waals surface area contributed by atoms with Crippen LogP contribution in [-0.2, 0) is 16.4 Å². The van der Waals surface area contributed by atoms with E-state index in [-0.39, 0.29) is 5.75 Å². The quantitative estimate of drug-likeness (QED) is 0.706. The molecule has 0 aliphatic rings. The molecular formula is C15H24ClNO3S. The Balaban J connectivity index is 2.55. The lowest BCUT2D eigenvalue weighted by Crippen LogP contribution is -2.19. The van der Waals surface area contributed by atoms with Crippen LogP contribution < -0.4 is 10.1 Å². The van der Waals surface area contributed by atoms with Crippen LogP contribution in [0.3, 0.4) is 0 Å². The SMILES string of the molecule is CC(C)CNCc1cc(Cl)ccc1OCCCS(C)(=O)=O. The zero-order valence-electron chi connectivity index (χ0n) is 12.9. The number of halogens is 1. The molecular weight excluding hydrogens is 310 g/mol. The van der Waals surface area contributed by atoms with Crippen LogP contribution in [0.2, 0.25) is 5.02 Å². The van der Waals surface area contributed by atoms with Gasteiger partial charge >= 0.3 is 0 Å². The Hall–Kier alpha value is -0.780.